The van der Waals surface area contributed by atoms with E-state index in [4.69, 9.17) is 51.3 Å². The van der Waals surface area contributed by atoms with Crippen molar-refractivity contribution < 1.29 is 106 Å². The second-order valence-corrected chi connectivity index (χ2v) is 38.4. The van der Waals surface area contributed by atoms with Crippen molar-refractivity contribution in [3.63, 3.8) is 0 Å². The molecular formula is C96H130BClIN11NaO16. The van der Waals surface area contributed by atoms with E-state index in [1.165, 1.54) is 58.3 Å². The Morgan fingerprint density at radius 1 is 0.480 bits per heavy atom. The number of ether oxygens (including phenoxy) is 7. The Hall–Kier alpha value is -7.50. The molecule has 2 aromatic heterocycles. The molecule has 6 aromatic rings. The number of nitrogens with zero attached hydrogens (tertiary/aromatic N) is 10. The van der Waals surface area contributed by atoms with Crippen LogP contribution in [0.25, 0.3) is 53.7 Å². The number of fused-ring (bicyclic) bond motifs is 10. The van der Waals surface area contributed by atoms with Crippen LogP contribution < -0.4 is 49.2 Å². The van der Waals surface area contributed by atoms with Crippen molar-refractivity contribution in [1.82, 2.24) is 39.8 Å². The molecule has 8 unspecified atom stereocenters. The second-order valence-electron chi connectivity index (χ2n) is 37.2. The number of nitrogens with one attached hydrogen (secondary N) is 1. The number of ketones is 1. The summed E-state index contributed by atoms with van der Waals surface area (Å²) in [6.07, 6.45) is 23.2. The maximum Gasteiger partial charge on any atom is 1.00 e. The number of benzene rings is 4. The topological polar surface area (TPSA) is 261 Å². The molecule has 683 valence electrons. The van der Waals surface area contributed by atoms with E-state index in [2.05, 4.69) is 144 Å². The van der Waals surface area contributed by atoms with E-state index < -0.39 is 29.1 Å². The number of hydrogen-bond donors (Lipinski definition) is 1. The Kier molecular flexibility index (Phi) is 38.2. The van der Waals surface area contributed by atoms with Gasteiger partial charge in [0.1, 0.15) is 22.7 Å². The molecule has 11 aliphatic heterocycles. The summed E-state index contributed by atoms with van der Waals surface area (Å²) in [5.74, 6) is 0.307. The predicted octanol–water partition coefficient (Wildman–Crippen LogP) is 14.7. The van der Waals surface area contributed by atoms with Gasteiger partial charge in [-0.15, -0.1) is 12.4 Å². The van der Waals surface area contributed by atoms with Crippen molar-refractivity contribution in [2.75, 3.05) is 58.4 Å². The van der Waals surface area contributed by atoms with E-state index in [0.717, 1.165) is 175 Å². The largest absolute Gasteiger partial charge is 1.00 e. The van der Waals surface area contributed by atoms with Crippen molar-refractivity contribution >= 4 is 118 Å². The number of rotatable bonds is 8. The number of pyridine rings is 2. The summed E-state index contributed by atoms with van der Waals surface area (Å²) in [6.45, 7) is 48.7. The van der Waals surface area contributed by atoms with Gasteiger partial charge in [-0.05, 0) is 219 Å². The Morgan fingerprint density at radius 3 is 1.17 bits per heavy atom. The Balaban J connectivity index is 0.000000178. The van der Waals surface area contributed by atoms with Crippen LogP contribution in [-0.4, -0.2) is 246 Å². The van der Waals surface area contributed by atoms with Gasteiger partial charge in [-0.25, -0.2) is 38.6 Å². The van der Waals surface area contributed by atoms with Crippen LogP contribution in [0.1, 0.15) is 207 Å². The fourth-order valence-electron chi connectivity index (χ4n) is 20.3. The minimum atomic E-state index is -0.639. The molecule has 0 spiro atoms. The Bertz CT molecular complexity index is 4690. The van der Waals surface area contributed by atoms with Gasteiger partial charge in [0.05, 0.1) is 90.5 Å². The molecular weight excluding hydrogens is 1760 g/mol. The molecule has 127 heavy (non-hydrogen) atoms. The maximum atomic E-state index is 12.5. The molecule has 13 heterocycles. The fourth-order valence-corrected chi connectivity index (χ4v) is 21.0. The second kappa shape index (κ2) is 47.0. The molecule has 11 saturated heterocycles. The monoisotopic (exact) mass is 1890 g/mol. The number of amides is 2. The van der Waals surface area contributed by atoms with Gasteiger partial charge in [0, 0.05) is 167 Å². The van der Waals surface area contributed by atoms with Gasteiger partial charge in [-0.1, -0.05) is 72.8 Å². The summed E-state index contributed by atoms with van der Waals surface area (Å²) in [4.78, 5) is 104. The average molecular weight is 1890 g/mol. The van der Waals surface area contributed by atoms with Gasteiger partial charge in [0.15, 0.2) is 17.1 Å². The van der Waals surface area contributed by atoms with E-state index in [-0.39, 0.29) is 72.0 Å². The molecule has 1 N–H and O–H groups in total. The van der Waals surface area contributed by atoms with Crippen LogP contribution >= 0.6 is 35.0 Å². The van der Waals surface area contributed by atoms with Gasteiger partial charge in [0.25, 0.3) is 0 Å². The number of para-hydroxylation sites is 2. The Morgan fingerprint density at radius 2 is 0.819 bits per heavy atom. The molecule has 17 rings (SSSR count). The van der Waals surface area contributed by atoms with Crippen molar-refractivity contribution in [2.45, 2.75) is 321 Å². The number of Topliss-reactive ketones (excluding diaryl/α,β-unsaturated/α-hetero) is 1. The molecule has 14 atom stereocenters. The number of hydrogen-bond acceptors (Lipinski definition) is 23. The fraction of sp³-hybridized carbons (Fsp3) is 0.604. The summed E-state index contributed by atoms with van der Waals surface area (Å²) in [6, 6.07) is 33.2. The molecule has 27 nitrogen and oxygen atoms in total. The first kappa shape index (κ1) is 103. The van der Waals surface area contributed by atoms with Gasteiger partial charge < -0.3 is 65.9 Å². The van der Waals surface area contributed by atoms with E-state index in [1.807, 2.05) is 126 Å². The summed E-state index contributed by atoms with van der Waals surface area (Å²) in [5, 5.41) is 5.76. The third-order valence-electron chi connectivity index (χ3n) is 24.9. The molecule has 11 aliphatic rings. The zero-order chi connectivity index (χ0) is 90.3. The summed E-state index contributed by atoms with van der Waals surface area (Å²) >= 11 is 2.22. The van der Waals surface area contributed by atoms with Crippen molar-refractivity contribution in [3.05, 3.63) is 124 Å². The van der Waals surface area contributed by atoms with Gasteiger partial charge in [-0.3, -0.25) is 34.3 Å². The molecule has 11 fully saturated rings. The van der Waals surface area contributed by atoms with Crippen molar-refractivity contribution in [2.24, 2.45) is 0 Å². The Labute approximate surface area is 794 Å². The zero-order valence-electron chi connectivity index (χ0n) is 77.5. The predicted molar refractivity (Wildman–Crippen MR) is 498 cm³/mol. The van der Waals surface area contributed by atoms with Gasteiger partial charge in [-0.2, -0.15) is 0 Å². The molecule has 4 aromatic carbocycles. The van der Waals surface area contributed by atoms with Crippen LogP contribution in [0.3, 0.4) is 0 Å². The number of methoxy groups -OCH3 is 2. The zero-order valence-corrected chi connectivity index (χ0v) is 82.5. The number of anilines is 1. The number of piperidine rings is 4. The molecule has 0 saturated carbocycles. The van der Waals surface area contributed by atoms with E-state index in [0.29, 0.717) is 97.1 Å². The van der Waals surface area contributed by atoms with Crippen LogP contribution in [0.5, 0.6) is 11.5 Å². The van der Waals surface area contributed by atoms with Gasteiger partial charge >= 0.3 is 53.7 Å². The van der Waals surface area contributed by atoms with Gasteiger partial charge in [0.2, 0.25) is 5.97 Å². The molecule has 3 radical (unpaired) electrons. The smallest absolute Gasteiger partial charge is 0.793 e. The SMILES string of the molecule is CC(=O)OOC(C)=O.CC(C)(C)OC(=O)N1C2CCC1CC(=O)C2.C[C@@H]1CN(C2CC3CCC(C2)N3)C[C@H](C)O1.C[C@@H]1CN(C2CC3CCC(C2)N3C(=O)OC(C)(C)C)C[C@H](C)O1.Cl.[B-]OC(C)=O.[C-]#[N+]c1ccc(-c2cccc3c(OC)c(I)cnc23)cc1.[C-]#[N+]c1ccc(-c2cccc3c(OC)c(N4C5CCC4CC(N4C[C@@H](C)O[C@@H](C)C4)C5)cnc23)cc1.[Na+]. The summed E-state index contributed by atoms with van der Waals surface area (Å²) in [5.41, 5.74) is 7.59. The first-order valence-corrected chi connectivity index (χ1v) is 45.6. The maximum absolute atomic E-state index is 12.5. The molecule has 2 amide bonds. The minimum absolute atomic E-state index is 0. The summed E-state index contributed by atoms with van der Waals surface area (Å²) < 4.78 is 44.9. The van der Waals surface area contributed by atoms with Crippen LogP contribution in [0.4, 0.5) is 26.7 Å². The number of aromatic nitrogens is 2. The van der Waals surface area contributed by atoms with Crippen LogP contribution in [-0.2, 0) is 57.3 Å². The van der Waals surface area contributed by atoms with Crippen LogP contribution in [0.2, 0.25) is 0 Å². The first-order chi connectivity index (χ1) is 59.5. The van der Waals surface area contributed by atoms with E-state index in [1.54, 1.807) is 19.1 Å². The average Bonchev–Trinajstić information content (AvgIpc) is 1.53. The number of carbonyl (C=O) groups is 6. The molecule has 8 bridgehead atoms. The molecule has 0 aliphatic carbocycles. The third kappa shape index (κ3) is 28.0. The minimum Gasteiger partial charge on any atom is -0.793 e. The number of halogens is 2. The quantitative estimate of drug-likeness (QED) is 0.0488. The van der Waals surface area contributed by atoms with Crippen LogP contribution in [0, 0.1) is 16.7 Å². The number of carbonyl (C=O) groups excluding carboxylic acids is 6. The van der Waals surface area contributed by atoms with Crippen LogP contribution in [0.15, 0.2) is 97.3 Å². The van der Waals surface area contributed by atoms with E-state index >= 15 is 0 Å². The van der Waals surface area contributed by atoms with E-state index in [9.17, 15) is 28.8 Å². The standard InChI is InChI=1S/C30H34N4O2.C18H32N2O3.C17H11IN2O.C13H24N2O.C12H19NO3.C4H6O4.C2H3BO2.ClH.Na/c1-19-17-33(18-20(2)36-19)25-14-23-12-13-24(15-25)34(23)28-16-32-29-26(6-5-7-27(29)30(28)35-4)21-8-10-22(31-3)11-9-21;1-12-10-19(11-13(2)22-12)16-8-14-6-7-15(9-16)20(14)17(21)23-18(3,4)5;1-19-12-8-6-11(7-9-12)13-4-3-5-14-16(13)20-10-15(18)17(14)21-2;1-9-7-15(8-10(2)16-9)13-5-11-3-4-12(6-13)14-11;1-12(2,3)16-11(15)13-8-4-5-9(13)7-10(14)6-8;1-3(5)7-8-4(2)6;1-2(4)5-3;;/h5-11,16,19-20,23-25H,12-15,17-18H2,1-2,4H3;12-16H,6-11H2,1-5H3;3-10H,2H3;9-14H,3-8H2,1-2H3;8-9H,4-7H2,1-3H3;1-2H3;1H3;1H;/q;;;;;;-1;;+1/t19-,20+,23?,24?,25?;12-,13+,14?,15?,16?;;9-,10+,11?,12?,13?;;;;;. The van der Waals surface area contributed by atoms with Crippen molar-refractivity contribution in [3.8, 4) is 33.8 Å². The molecule has 31 heteroatoms. The normalized spacial score (nSPS) is 27.4. The first-order valence-electron chi connectivity index (χ1n) is 44.5. The third-order valence-corrected chi connectivity index (χ3v) is 25.7. The van der Waals surface area contributed by atoms with Crippen molar-refractivity contribution in [1.29, 1.82) is 0 Å². The number of morpholine rings is 3. The summed E-state index contributed by atoms with van der Waals surface area (Å²) in [7, 11) is 7.77.